The van der Waals surface area contributed by atoms with Crippen LogP contribution in [0.5, 0.6) is 0 Å². The number of H-pyrrole nitrogens is 1. The summed E-state index contributed by atoms with van der Waals surface area (Å²) in [5.41, 5.74) is 0.476. The Hall–Kier alpha value is -1.46. The minimum atomic E-state index is -3.56. The molecule has 25 heavy (non-hydrogen) atoms. The van der Waals surface area contributed by atoms with E-state index in [0.29, 0.717) is 11.5 Å². The fourth-order valence-electron chi connectivity index (χ4n) is 2.61. The first-order valence-electron chi connectivity index (χ1n) is 7.82. The molecule has 0 amide bonds. The summed E-state index contributed by atoms with van der Waals surface area (Å²) >= 11 is 0. The number of halogens is 1. The highest BCUT2D eigenvalue weighted by atomic mass is 35.5. The van der Waals surface area contributed by atoms with Crippen molar-refractivity contribution in [2.45, 2.75) is 30.8 Å². The molecule has 1 unspecified atom stereocenters. The molecule has 3 N–H and O–H groups in total. The van der Waals surface area contributed by atoms with Crippen LogP contribution in [0, 0.1) is 0 Å². The summed E-state index contributed by atoms with van der Waals surface area (Å²) in [5, 5.41) is 7.33. The van der Waals surface area contributed by atoms with Crippen LogP contribution in [-0.4, -0.2) is 61.2 Å². The predicted molar refractivity (Wildman–Crippen MR) is 95.0 cm³/mol. The molecule has 0 aromatic carbocycles. The fraction of sp³-hybridized carbons (Fsp3) is 0.571. The van der Waals surface area contributed by atoms with Crippen LogP contribution in [-0.2, 0) is 10.0 Å². The molecule has 3 rings (SSSR count). The number of hydrogen-bond donors (Lipinski definition) is 3. The molecule has 1 aliphatic heterocycles. The second-order valence-corrected chi connectivity index (χ2v) is 7.90. The van der Waals surface area contributed by atoms with Gasteiger partial charge in [0.15, 0.2) is 5.82 Å². The van der Waals surface area contributed by atoms with Crippen LogP contribution < -0.4 is 10.0 Å². The summed E-state index contributed by atoms with van der Waals surface area (Å²) in [5.74, 6) is 0.856. The van der Waals surface area contributed by atoms with Gasteiger partial charge in [0.05, 0.1) is 6.04 Å². The number of aromatic amines is 1. The Bertz CT molecular complexity index is 803. The van der Waals surface area contributed by atoms with Crippen molar-refractivity contribution in [3.8, 4) is 11.6 Å². The normalized spacial score (nSPS) is 19.1. The van der Waals surface area contributed by atoms with E-state index in [1.807, 2.05) is 7.05 Å². The van der Waals surface area contributed by atoms with Crippen molar-refractivity contribution in [2.75, 3.05) is 26.7 Å². The number of aromatic nitrogens is 3. The smallest absolute Gasteiger partial charge is 0.274 e. The van der Waals surface area contributed by atoms with Crippen LogP contribution >= 0.6 is 12.4 Å². The van der Waals surface area contributed by atoms with E-state index in [-0.39, 0.29) is 35.3 Å². The molecule has 0 aliphatic carbocycles. The van der Waals surface area contributed by atoms with Crippen molar-refractivity contribution in [3.05, 3.63) is 18.1 Å². The molecule has 0 saturated carbocycles. The zero-order chi connectivity index (χ0) is 17.3. The maximum absolute atomic E-state index is 12.2. The van der Waals surface area contributed by atoms with E-state index in [1.165, 1.54) is 12.3 Å². The quantitative estimate of drug-likeness (QED) is 0.689. The van der Waals surface area contributed by atoms with Crippen molar-refractivity contribution in [1.29, 1.82) is 0 Å². The number of sulfonamides is 1. The molecule has 0 radical (unpaired) electrons. The Labute approximate surface area is 153 Å². The molecule has 2 aromatic heterocycles. The molecule has 0 spiro atoms. The monoisotopic (exact) mass is 390 g/mol. The third-order valence-electron chi connectivity index (χ3n) is 3.84. The average molecular weight is 391 g/mol. The molecule has 9 nitrogen and oxygen atoms in total. The lowest BCUT2D eigenvalue weighted by atomic mass is 10.2. The van der Waals surface area contributed by atoms with E-state index in [1.54, 1.807) is 13.8 Å². The maximum atomic E-state index is 12.2. The first kappa shape index (κ1) is 19.9. The summed E-state index contributed by atoms with van der Waals surface area (Å²) in [7, 11) is -1.55. The number of nitrogens with one attached hydrogen (secondary N) is 3. The van der Waals surface area contributed by atoms with Crippen LogP contribution in [0.15, 0.2) is 21.7 Å². The number of rotatable bonds is 5. The fourth-order valence-corrected chi connectivity index (χ4v) is 3.85. The summed E-state index contributed by atoms with van der Waals surface area (Å²) in [4.78, 5) is 9.59. The topological polar surface area (TPSA) is 116 Å². The standard InChI is InChI=1S/C14H22N6O3S.ClH/c1-9(2)19-24(21,22)10-6-11(16-7-10)14-17-13(18-23-14)12-8-15-4-5-20(12)3;/h6-7,9,12,15-16,19H,4-5,8H2,1-3H3;1H. The lowest BCUT2D eigenvalue weighted by Gasteiger charge is -2.30. The minimum absolute atomic E-state index is 0. The van der Waals surface area contributed by atoms with Crippen LogP contribution in [0.2, 0.25) is 0 Å². The Kier molecular flexibility index (Phi) is 6.22. The van der Waals surface area contributed by atoms with E-state index in [4.69, 9.17) is 4.52 Å². The van der Waals surface area contributed by atoms with Gasteiger partial charge in [-0.2, -0.15) is 4.98 Å². The molecular formula is C14H23ClN6O3S. The van der Waals surface area contributed by atoms with Gasteiger partial charge in [0.1, 0.15) is 10.6 Å². The van der Waals surface area contributed by atoms with Crippen LogP contribution in [0.25, 0.3) is 11.6 Å². The largest absolute Gasteiger partial charge is 0.356 e. The maximum Gasteiger partial charge on any atom is 0.274 e. The molecular weight excluding hydrogens is 368 g/mol. The van der Waals surface area contributed by atoms with Crippen molar-refractivity contribution >= 4 is 22.4 Å². The SMILES string of the molecule is CC(C)NS(=O)(=O)c1c[nH]c(-c2nc(C3CNCCN3C)no2)c1.Cl. The van der Waals surface area contributed by atoms with Gasteiger partial charge >= 0.3 is 0 Å². The zero-order valence-electron chi connectivity index (χ0n) is 14.3. The van der Waals surface area contributed by atoms with Crippen LogP contribution in [0.3, 0.4) is 0 Å². The second kappa shape index (κ2) is 7.83. The van der Waals surface area contributed by atoms with Gasteiger partial charge < -0.3 is 14.8 Å². The lowest BCUT2D eigenvalue weighted by molar-refractivity contribution is 0.190. The van der Waals surface area contributed by atoms with Gasteiger partial charge in [-0.1, -0.05) is 5.16 Å². The third kappa shape index (κ3) is 4.39. The van der Waals surface area contributed by atoms with Crippen LogP contribution in [0.1, 0.15) is 25.7 Å². The first-order chi connectivity index (χ1) is 11.4. The zero-order valence-corrected chi connectivity index (χ0v) is 15.9. The minimum Gasteiger partial charge on any atom is -0.356 e. The van der Waals surface area contributed by atoms with Crippen LogP contribution in [0.4, 0.5) is 0 Å². The highest BCUT2D eigenvalue weighted by molar-refractivity contribution is 7.89. The molecule has 3 heterocycles. The van der Waals surface area contributed by atoms with E-state index in [0.717, 1.165) is 19.6 Å². The summed E-state index contributed by atoms with van der Waals surface area (Å²) in [6, 6.07) is 1.35. The molecule has 1 fully saturated rings. The van der Waals surface area contributed by atoms with Crippen molar-refractivity contribution in [3.63, 3.8) is 0 Å². The van der Waals surface area contributed by atoms with Gasteiger partial charge in [0.25, 0.3) is 5.89 Å². The molecule has 1 aliphatic rings. The van der Waals surface area contributed by atoms with Gasteiger partial charge in [0, 0.05) is 31.9 Å². The molecule has 1 saturated heterocycles. The number of piperazine rings is 1. The molecule has 11 heteroatoms. The molecule has 1 atom stereocenters. The summed E-state index contributed by atoms with van der Waals surface area (Å²) in [6.45, 7) is 6.12. The number of hydrogen-bond acceptors (Lipinski definition) is 7. The highest BCUT2D eigenvalue weighted by Gasteiger charge is 2.26. The van der Waals surface area contributed by atoms with Gasteiger partial charge in [-0.3, -0.25) is 4.90 Å². The molecule has 0 bridgehead atoms. The molecule has 140 valence electrons. The van der Waals surface area contributed by atoms with Crippen molar-refractivity contribution in [2.24, 2.45) is 0 Å². The van der Waals surface area contributed by atoms with Crippen molar-refractivity contribution < 1.29 is 12.9 Å². The van der Waals surface area contributed by atoms with E-state index >= 15 is 0 Å². The Morgan fingerprint density at radius 3 is 2.88 bits per heavy atom. The average Bonchev–Trinajstić information content (AvgIpc) is 3.16. The lowest BCUT2D eigenvalue weighted by Crippen LogP contribution is -2.44. The predicted octanol–water partition coefficient (Wildman–Crippen LogP) is 0.749. The highest BCUT2D eigenvalue weighted by Crippen LogP contribution is 2.23. The third-order valence-corrected chi connectivity index (χ3v) is 5.48. The second-order valence-electron chi connectivity index (χ2n) is 6.18. The Morgan fingerprint density at radius 1 is 1.44 bits per heavy atom. The number of nitrogens with zero attached hydrogens (tertiary/aromatic N) is 3. The summed E-state index contributed by atoms with van der Waals surface area (Å²) < 4.78 is 32.2. The number of likely N-dealkylation sites (N-methyl/N-ethyl adjacent to an activating group) is 1. The van der Waals surface area contributed by atoms with Gasteiger partial charge in [-0.25, -0.2) is 13.1 Å². The Morgan fingerprint density at radius 2 is 2.20 bits per heavy atom. The molecule has 2 aromatic rings. The first-order valence-corrected chi connectivity index (χ1v) is 9.31. The Balaban J connectivity index is 0.00000225. The van der Waals surface area contributed by atoms with Gasteiger partial charge in [-0.15, -0.1) is 12.4 Å². The van der Waals surface area contributed by atoms with Gasteiger partial charge in [-0.05, 0) is 27.0 Å². The van der Waals surface area contributed by atoms with Gasteiger partial charge in [0.2, 0.25) is 10.0 Å². The van der Waals surface area contributed by atoms with Crippen molar-refractivity contribution in [1.82, 2.24) is 30.1 Å². The summed E-state index contributed by atoms with van der Waals surface area (Å²) in [6.07, 6.45) is 1.41. The van der Waals surface area contributed by atoms with E-state index in [2.05, 4.69) is 30.1 Å². The van der Waals surface area contributed by atoms with E-state index in [9.17, 15) is 8.42 Å². The van der Waals surface area contributed by atoms with E-state index < -0.39 is 10.0 Å².